The average molecular weight is 333 g/mol. The van der Waals surface area contributed by atoms with Crippen molar-refractivity contribution in [3.05, 3.63) is 66.2 Å². The molecule has 0 fully saturated rings. The third kappa shape index (κ3) is 5.70. The molecule has 3 nitrogen and oxygen atoms in total. The van der Waals surface area contributed by atoms with E-state index in [0.29, 0.717) is 6.42 Å². The Hall–Kier alpha value is -1.84. The van der Waals surface area contributed by atoms with E-state index in [1.54, 1.807) is 0 Å². The summed E-state index contributed by atoms with van der Waals surface area (Å²) >= 11 is 0. The quantitative estimate of drug-likeness (QED) is 0.820. The van der Waals surface area contributed by atoms with Crippen LogP contribution in [-0.4, -0.2) is 12.5 Å². The molecule has 0 radical (unpaired) electrons. The largest absolute Gasteiger partial charge is 0.324 e. The Labute approximate surface area is 144 Å². The predicted molar refractivity (Wildman–Crippen MR) is 98.9 cm³/mol. The maximum absolute atomic E-state index is 12.7. The van der Waals surface area contributed by atoms with Gasteiger partial charge in [0.25, 0.3) is 0 Å². The Morgan fingerprint density at radius 1 is 1.04 bits per heavy atom. The SMILES string of the molecule is CCCCN(C(=O)CC(N)c1ccccc1)c1ccccc1.Cl. The van der Waals surface area contributed by atoms with Crippen LogP contribution >= 0.6 is 12.4 Å². The van der Waals surface area contributed by atoms with Crippen molar-refractivity contribution in [1.29, 1.82) is 0 Å². The van der Waals surface area contributed by atoms with E-state index < -0.39 is 0 Å². The molecular weight excluding hydrogens is 308 g/mol. The van der Waals surface area contributed by atoms with Crippen molar-refractivity contribution in [2.45, 2.75) is 32.2 Å². The van der Waals surface area contributed by atoms with E-state index in [1.165, 1.54) is 0 Å². The van der Waals surface area contributed by atoms with E-state index in [1.807, 2.05) is 65.6 Å². The summed E-state index contributed by atoms with van der Waals surface area (Å²) in [5, 5.41) is 0. The van der Waals surface area contributed by atoms with Gasteiger partial charge in [0.05, 0.1) is 0 Å². The molecule has 2 aromatic carbocycles. The average Bonchev–Trinajstić information content (AvgIpc) is 2.57. The van der Waals surface area contributed by atoms with Gasteiger partial charge in [0.2, 0.25) is 5.91 Å². The van der Waals surface area contributed by atoms with Gasteiger partial charge >= 0.3 is 0 Å². The van der Waals surface area contributed by atoms with Gasteiger partial charge in [-0.25, -0.2) is 0 Å². The lowest BCUT2D eigenvalue weighted by Crippen LogP contribution is -2.34. The Balaban J connectivity index is 0.00000264. The first-order valence-electron chi connectivity index (χ1n) is 7.88. The highest BCUT2D eigenvalue weighted by molar-refractivity contribution is 5.93. The molecule has 0 bridgehead atoms. The van der Waals surface area contributed by atoms with Gasteiger partial charge in [0.15, 0.2) is 0 Å². The molecule has 2 N–H and O–H groups in total. The number of nitrogens with zero attached hydrogens (tertiary/aromatic N) is 1. The van der Waals surface area contributed by atoms with Gasteiger partial charge in [0, 0.05) is 24.7 Å². The molecule has 2 aromatic rings. The molecule has 0 spiro atoms. The minimum Gasteiger partial charge on any atom is -0.324 e. The van der Waals surface area contributed by atoms with Gasteiger partial charge < -0.3 is 10.6 Å². The number of carbonyl (C=O) groups is 1. The monoisotopic (exact) mass is 332 g/mol. The van der Waals surface area contributed by atoms with Crippen molar-refractivity contribution in [3.8, 4) is 0 Å². The second-order valence-corrected chi connectivity index (χ2v) is 5.46. The van der Waals surface area contributed by atoms with Gasteiger partial charge in [-0.2, -0.15) is 0 Å². The number of anilines is 1. The molecule has 0 aliphatic heterocycles. The van der Waals surface area contributed by atoms with Crippen molar-refractivity contribution in [2.24, 2.45) is 5.73 Å². The van der Waals surface area contributed by atoms with Crippen LogP contribution in [0, 0.1) is 0 Å². The number of rotatable bonds is 7. The molecule has 1 atom stereocenters. The first-order chi connectivity index (χ1) is 10.7. The van der Waals surface area contributed by atoms with Gasteiger partial charge in [-0.1, -0.05) is 61.9 Å². The number of unbranched alkanes of at least 4 members (excludes halogenated alkanes) is 1. The van der Waals surface area contributed by atoms with E-state index in [2.05, 4.69) is 6.92 Å². The first-order valence-corrected chi connectivity index (χ1v) is 7.88. The second-order valence-electron chi connectivity index (χ2n) is 5.46. The van der Waals surface area contributed by atoms with Gasteiger partial charge in [0.1, 0.15) is 0 Å². The summed E-state index contributed by atoms with van der Waals surface area (Å²) < 4.78 is 0. The lowest BCUT2D eigenvalue weighted by molar-refractivity contribution is -0.119. The molecule has 1 amide bonds. The molecule has 0 heterocycles. The van der Waals surface area contributed by atoms with E-state index in [9.17, 15) is 4.79 Å². The van der Waals surface area contributed by atoms with E-state index in [4.69, 9.17) is 5.73 Å². The molecule has 0 aliphatic rings. The van der Waals surface area contributed by atoms with Crippen LogP contribution in [0.5, 0.6) is 0 Å². The molecule has 0 aliphatic carbocycles. The zero-order valence-electron chi connectivity index (χ0n) is 13.5. The number of para-hydroxylation sites is 1. The number of nitrogens with two attached hydrogens (primary N) is 1. The van der Waals surface area contributed by atoms with E-state index >= 15 is 0 Å². The van der Waals surface area contributed by atoms with Crippen LogP contribution in [0.15, 0.2) is 60.7 Å². The van der Waals surface area contributed by atoms with Gasteiger partial charge in [-0.15, -0.1) is 12.4 Å². The molecule has 1 unspecified atom stereocenters. The summed E-state index contributed by atoms with van der Waals surface area (Å²) in [4.78, 5) is 14.5. The number of hydrogen-bond donors (Lipinski definition) is 1. The van der Waals surface area contributed by atoms with E-state index in [-0.39, 0.29) is 24.4 Å². The second kappa shape index (κ2) is 10.0. The summed E-state index contributed by atoms with van der Waals surface area (Å²) in [6.45, 7) is 2.87. The van der Waals surface area contributed by atoms with Gasteiger partial charge in [-0.05, 0) is 24.1 Å². The maximum atomic E-state index is 12.7. The van der Waals surface area contributed by atoms with Crippen molar-refractivity contribution >= 4 is 24.0 Å². The minimum absolute atomic E-state index is 0. The lowest BCUT2D eigenvalue weighted by atomic mass is 10.0. The molecule has 23 heavy (non-hydrogen) atoms. The van der Waals surface area contributed by atoms with Crippen LogP contribution in [0.1, 0.15) is 37.8 Å². The lowest BCUT2D eigenvalue weighted by Gasteiger charge is -2.24. The highest BCUT2D eigenvalue weighted by atomic mass is 35.5. The molecule has 4 heteroatoms. The van der Waals surface area contributed by atoms with Crippen molar-refractivity contribution in [2.75, 3.05) is 11.4 Å². The summed E-state index contributed by atoms with van der Waals surface area (Å²) in [6.07, 6.45) is 2.37. The fourth-order valence-corrected chi connectivity index (χ4v) is 2.44. The maximum Gasteiger partial charge on any atom is 0.228 e. The molecule has 0 saturated carbocycles. The summed E-state index contributed by atoms with van der Waals surface area (Å²) in [5.41, 5.74) is 8.14. The summed E-state index contributed by atoms with van der Waals surface area (Å²) in [7, 11) is 0. The smallest absolute Gasteiger partial charge is 0.228 e. The first kappa shape index (κ1) is 19.2. The van der Waals surface area contributed by atoms with Crippen LogP contribution < -0.4 is 10.6 Å². The minimum atomic E-state index is -0.262. The number of hydrogen-bond acceptors (Lipinski definition) is 2. The Kier molecular flexibility index (Phi) is 8.38. The molecule has 0 aromatic heterocycles. The summed E-state index contributed by atoms with van der Waals surface area (Å²) in [5.74, 6) is 0.0796. The number of halogens is 1. The fraction of sp³-hybridized carbons (Fsp3) is 0.316. The van der Waals surface area contributed by atoms with Crippen molar-refractivity contribution < 1.29 is 4.79 Å². The highest BCUT2D eigenvalue weighted by Crippen LogP contribution is 2.20. The topological polar surface area (TPSA) is 46.3 Å². The van der Waals surface area contributed by atoms with Gasteiger partial charge in [-0.3, -0.25) is 4.79 Å². The molecular formula is C19H25ClN2O. The van der Waals surface area contributed by atoms with Crippen molar-refractivity contribution in [1.82, 2.24) is 0 Å². The fourth-order valence-electron chi connectivity index (χ4n) is 2.44. The zero-order chi connectivity index (χ0) is 15.8. The highest BCUT2D eigenvalue weighted by Gasteiger charge is 2.18. The third-order valence-corrected chi connectivity index (χ3v) is 3.73. The Morgan fingerprint density at radius 3 is 2.17 bits per heavy atom. The standard InChI is InChI=1S/C19H24N2O.ClH/c1-2-3-14-21(17-12-8-5-9-13-17)19(22)15-18(20)16-10-6-4-7-11-16;/h4-13,18H,2-3,14-15,20H2,1H3;1H. The molecule has 0 saturated heterocycles. The number of carbonyl (C=O) groups excluding carboxylic acids is 1. The van der Waals surface area contributed by atoms with Crippen molar-refractivity contribution in [3.63, 3.8) is 0 Å². The predicted octanol–water partition coefficient (Wildman–Crippen LogP) is 4.33. The molecule has 2 rings (SSSR count). The van der Waals surface area contributed by atoms with Crippen LogP contribution in [0.4, 0.5) is 5.69 Å². The third-order valence-electron chi connectivity index (χ3n) is 3.73. The normalized spacial score (nSPS) is 11.4. The zero-order valence-corrected chi connectivity index (χ0v) is 14.3. The summed E-state index contributed by atoms with van der Waals surface area (Å²) in [6, 6.07) is 19.4. The Bertz CT molecular complexity index is 574. The van der Waals surface area contributed by atoms with Crippen LogP contribution in [-0.2, 0) is 4.79 Å². The molecule has 124 valence electrons. The Morgan fingerprint density at radius 2 is 1.61 bits per heavy atom. The number of benzene rings is 2. The van der Waals surface area contributed by atoms with Crippen LogP contribution in [0.2, 0.25) is 0 Å². The van der Waals surface area contributed by atoms with Crippen LogP contribution in [0.3, 0.4) is 0 Å². The van der Waals surface area contributed by atoms with E-state index in [0.717, 1.165) is 30.6 Å². The van der Waals surface area contributed by atoms with Crippen LogP contribution in [0.25, 0.3) is 0 Å². The number of amides is 1.